The molecule has 3 heterocycles. The summed E-state index contributed by atoms with van der Waals surface area (Å²) in [6, 6.07) is 8.71. The van der Waals surface area contributed by atoms with Gasteiger partial charge in [0, 0.05) is 53.1 Å². The Hall–Kier alpha value is -1.40. The SMILES string of the molecule is OCC1CCN(Cc2csc(-c3cn(CC4CCCCC4Cl)c4ccccc34)n2)CC1. The summed E-state index contributed by atoms with van der Waals surface area (Å²) in [7, 11) is 0. The van der Waals surface area contributed by atoms with Crippen molar-refractivity contribution in [1.29, 1.82) is 0 Å². The van der Waals surface area contributed by atoms with Crippen LogP contribution in [0.25, 0.3) is 21.5 Å². The molecule has 166 valence electrons. The van der Waals surface area contributed by atoms with Crippen molar-refractivity contribution in [3.8, 4) is 10.6 Å². The summed E-state index contributed by atoms with van der Waals surface area (Å²) in [5.74, 6) is 1.03. The van der Waals surface area contributed by atoms with E-state index in [-0.39, 0.29) is 0 Å². The van der Waals surface area contributed by atoms with E-state index < -0.39 is 0 Å². The number of halogens is 1. The van der Waals surface area contributed by atoms with Crippen LogP contribution in [-0.2, 0) is 13.1 Å². The number of alkyl halides is 1. The fourth-order valence-electron chi connectivity index (χ4n) is 5.25. The van der Waals surface area contributed by atoms with E-state index in [9.17, 15) is 5.11 Å². The molecular formula is C25H32ClN3OS. The molecule has 2 aromatic heterocycles. The molecule has 0 bridgehead atoms. The molecule has 2 fully saturated rings. The number of benzene rings is 1. The van der Waals surface area contributed by atoms with Gasteiger partial charge < -0.3 is 9.67 Å². The van der Waals surface area contributed by atoms with Crippen LogP contribution in [0.5, 0.6) is 0 Å². The van der Waals surface area contributed by atoms with Crippen molar-refractivity contribution < 1.29 is 5.11 Å². The van der Waals surface area contributed by atoms with Gasteiger partial charge in [0.2, 0.25) is 0 Å². The van der Waals surface area contributed by atoms with E-state index in [1.807, 2.05) is 0 Å². The zero-order valence-electron chi connectivity index (χ0n) is 18.0. The first-order chi connectivity index (χ1) is 15.2. The van der Waals surface area contributed by atoms with Gasteiger partial charge in [-0.3, -0.25) is 4.90 Å². The van der Waals surface area contributed by atoms with Crippen LogP contribution in [0.15, 0.2) is 35.8 Å². The lowest BCUT2D eigenvalue weighted by atomic mass is 9.88. The maximum absolute atomic E-state index is 9.36. The number of aromatic nitrogens is 2. The number of aliphatic hydroxyl groups is 1. The predicted molar refractivity (Wildman–Crippen MR) is 130 cm³/mol. The van der Waals surface area contributed by atoms with E-state index in [1.54, 1.807) is 11.3 Å². The van der Waals surface area contributed by atoms with Crippen LogP contribution in [0, 0.1) is 11.8 Å². The summed E-state index contributed by atoms with van der Waals surface area (Å²) < 4.78 is 2.41. The Bertz CT molecular complexity index is 1010. The molecule has 1 saturated heterocycles. The second kappa shape index (κ2) is 9.62. The normalized spacial score (nSPS) is 23.5. The third kappa shape index (κ3) is 4.70. The molecule has 1 saturated carbocycles. The van der Waals surface area contributed by atoms with E-state index in [0.717, 1.165) is 56.1 Å². The van der Waals surface area contributed by atoms with Crippen LogP contribution in [0.3, 0.4) is 0 Å². The van der Waals surface area contributed by atoms with Gasteiger partial charge in [0.15, 0.2) is 0 Å². The average molecular weight is 458 g/mol. The number of hydrogen-bond donors (Lipinski definition) is 1. The highest BCUT2D eigenvalue weighted by Crippen LogP contribution is 2.36. The number of hydrogen-bond acceptors (Lipinski definition) is 4. The molecule has 1 aliphatic carbocycles. The van der Waals surface area contributed by atoms with Crippen LogP contribution in [0.2, 0.25) is 0 Å². The minimum absolute atomic E-state index is 0.291. The van der Waals surface area contributed by atoms with Crippen molar-refractivity contribution >= 4 is 33.8 Å². The summed E-state index contributed by atoms with van der Waals surface area (Å²) >= 11 is 8.43. The van der Waals surface area contributed by atoms with Crippen molar-refractivity contribution in [2.45, 2.75) is 57.0 Å². The van der Waals surface area contributed by atoms with Gasteiger partial charge >= 0.3 is 0 Å². The molecule has 5 rings (SSSR count). The number of aliphatic hydroxyl groups excluding tert-OH is 1. The number of thiazole rings is 1. The van der Waals surface area contributed by atoms with Crippen LogP contribution in [0.1, 0.15) is 44.2 Å². The molecular weight excluding hydrogens is 426 g/mol. The van der Waals surface area contributed by atoms with Gasteiger partial charge in [-0.05, 0) is 56.7 Å². The molecule has 1 N–H and O–H groups in total. The standard InChI is InChI=1S/C25H32ClN3OS/c26-23-7-3-1-5-19(23)13-29-15-22(21-6-2-4-8-24(21)29)25-27-20(17-31-25)14-28-11-9-18(16-30)10-12-28/h2,4,6,8,15,17-19,23,30H,1,3,5,7,9-14,16H2. The second-order valence-electron chi connectivity index (χ2n) is 9.32. The van der Waals surface area contributed by atoms with Gasteiger partial charge in [0.1, 0.15) is 5.01 Å². The lowest BCUT2D eigenvalue weighted by molar-refractivity contribution is 0.126. The van der Waals surface area contributed by atoms with E-state index in [4.69, 9.17) is 16.6 Å². The van der Waals surface area contributed by atoms with E-state index in [2.05, 4.69) is 45.3 Å². The highest BCUT2D eigenvalue weighted by molar-refractivity contribution is 7.13. The van der Waals surface area contributed by atoms with Crippen molar-refractivity contribution in [3.05, 3.63) is 41.5 Å². The van der Waals surface area contributed by atoms with Crippen molar-refractivity contribution in [3.63, 3.8) is 0 Å². The second-order valence-corrected chi connectivity index (χ2v) is 10.7. The van der Waals surface area contributed by atoms with Gasteiger partial charge in [-0.2, -0.15) is 0 Å². The molecule has 2 unspecified atom stereocenters. The molecule has 2 atom stereocenters. The molecule has 1 aliphatic heterocycles. The lowest BCUT2D eigenvalue weighted by Gasteiger charge is -2.30. The minimum Gasteiger partial charge on any atom is -0.396 e. The van der Waals surface area contributed by atoms with Crippen molar-refractivity contribution in [2.75, 3.05) is 19.7 Å². The summed E-state index contributed by atoms with van der Waals surface area (Å²) in [4.78, 5) is 7.50. The fourth-order valence-corrected chi connectivity index (χ4v) is 6.44. The predicted octanol–water partition coefficient (Wildman–Crippen LogP) is 5.77. The highest BCUT2D eigenvalue weighted by atomic mass is 35.5. The zero-order valence-corrected chi connectivity index (χ0v) is 19.6. The van der Waals surface area contributed by atoms with Gasteiger partial charge in [0.25, 0.3) is 0 Å². The van der Waals surface area contributed by atoms with E-state index in [0.29, 0.717) is 23.8 Å². The summed E-state index contributed by atoms with van der Waals surface area (Å²) in [5.41, 5.74) is 3.69. The van der Waals surface area contributed by atoms with E-state index >= 15 is 0 Å². The highest BCUT2D eigenvalue weighted by Gasteiger charge is 2.25. The molecule has 0 amide bonds. The number of para-hydroxylation sites is 1. The Labute approximate surface area is 193 Å². The molecule has 1 aromatic carbocycles. The Morgan fingerprint density at radius 1 is 1.10 bits per heavy atom. The monoisotopic (exact) mass is 457 g/mol. The van der Waals surface area contributed by atoms with E-state index in [1.165, 1.54) is 35.7 Å². The van der Waals surface area contributed by atoms with Crippen molar-refractivity contribution in [2.24, 2.45) is 11.8 Å². The first-order valence-corrected chi connectivity index (χ1v) is 13.0. The molecule has 3 aromatic rings. The van der Waals surface area contributed by atoms with Gasteiger partial charge in [-0.15, -0.1) is 22.9 Å². The molecule has 0 spiro atoms. The average Bonchev–Trinajstić information content (AvgIpc) is 3.41. The summed E-state index contributed by atoms with van der Waals surface area (Å²) in [6.45, 7) is 4.33. The number of fused-ring (bicyclic) bond motifs is 1. The fraction of sp³-hybridized carbons (Fsp3) is 0.560. The number of likely N-dealkylation sites (tertiary alicyclic amines) is 1. The Morgan fingerprint density at radius 3 is 2.71 bits per heavy atom. The van der Waals surface area contributed by atoms with Gasteiger partial charge in [-0.1, -0.05) is 31.0 Å². The molecule has 31 heavy (non-hydrogen) atoms. The maximum atomic E-state index is 9.36. The summed E-state index contributed by atoms with van der Waals surface area (Å²) in [5, 5.41) is 14.3. The topological polar surface area (TPSA) is 41.3 Å². The Balaban J connectivity index is 1.36. The number of nitrogens with zero attached hydrogens (tertiary/aromatic N) is 3. The number of piperidine rings is 1. The van der Waals surface area contributed by atoms with Crippen LogP contribution < -0.4 is 0 Å². The van der Waals surface area contributed by atoms with Crippen LogP contribution >= 0.6 is 22.9 Å². The Morgan fingerprint density at radius 2 is 1.90 bits per heavy atom. The molecule has 0 radical (unpaired) electrons. The smallest absolute Gasteiger partial charge is 0.125 e. The first kappa shape index (κ1) is 21.4. The van der Waals surface area contributed by atoms with Crippen LogP contribution in [0.4, 0.5) is 0 Å². The molecule has 4 nitrogen and oxygen atoms in total. The minimum atomic E-state index is 0.291. The van der Waals surface area contributed by atoms with Gasteiger partial charge in [0.05, 0.1) is 5.69 Å². The molecule has 6 heteroatoms. The maximum Gasteiger partial charge on any atom is 0.125 e. The first-order valence-electron chi connectivity index (χ1n) is 11.7. The third-order valence-corrected chi connectivity index (χ3v) is 8.67. The third-order valence-electron chi connectivity index (χ3n) is 7.17. The summed E-state index contributed by atoms with van der Waals surface area (Å²) in [6.07, 6.45) is 9.41. The van der Waals surface area contributed by atoms with Crippen molar-refractivity contribution in [1.82, 2.24) is 14.5 Å². The Kier molecular flexibility index (Phi) is 6.65. The largest absolute Gasteiger partial charge is 0.396 e. The quantitative estimate of drug-likeness (QED) is 0.478. The van der Waals surface area contributed by atoms with Gasteiger partial charge in [-0.25, -0.2) is 4.98 Å². The molecule has 2 aliphatic rings. The van der Waals surface area contributed by atoms with Crippen LogP contribution in [-0.4, -0.2) is 44.6 Å². The number of rotatable bonds is 6. The zero-order chi connectivity index (χ0) is 21.2. The lowest BCUT2D eigenvalue weighted by Crippen LogP contribution is -2.34.